The molecule has 0 aromatic heterocycles. The van der Waals surface area contributed by atoms with Crippen molar-refractivity contribution in [2.24, 2.45) is 11.7 Å². The Balaban J connectivity index is 3.28. The number of nitrogens with zero attached hydrogens (tertiary/aromatic N) is 1. The first-order valence-electron chi connectivity index (χ1n) is 7.14. The summed E-state index contributed by atoms with van der Waals surface area (Å²) in [6, 6.07) is 5.08. The zero-order valence-electron chi connectivity index (χ0n) is 13.1. The Morgan fingerprint density at radius 1 is 1.38 bits per heavy atom. The summed E-state index contributed by atoms with van der Waals surface area (Å²) in [5.74, 6) is 0.318. The van der Waals surface area contributed by atoms with Gasteiger partial charge in [-0.05, 0) is 24.5 Å². The standard InChI is InChI=1S/C15H24N2O2S2/c1-5-11(3)10-17(6-2)21(18,19)14-9-13(15(16)20)8-7-12(14)4/h7-9,11H,5-6,10H2,1-4H3,(H2,16,20). The van der Waals surface area contributed by atoms with Gasteiger partial charge in [-0.25, -0.2) is 8.42 Å². The Morgan fingerprint density at radius 2 is 2.00 bits per heavy atom. The number of rotatable bonds is 7. The first-order chi connectivity index (χ1) is 9.73. The minimum absolute atomic E-state index is 0.205. The van der Waals surface area contributed by atoms with Gasteiger partial charge in [-0.1, -0.05) is 51.5 Å². The molecule has 0 aliphatic carbocycles. The lowest BCUT2D eigenvalue weighted by molar-refractivity contribution is 0.361. The lowest BCUT2D eigenvalue weighted by Gasteiger charge is -2.24. The number of benzene rings is 1. The molecule has 0 fully saturated rings. The molecule has 1 unspecified atom stereocenters. The van der Waals surface area contributed by atoms with Crippen molar-refractivity contribution in [1.82, 2.24) is 4.31 Å². The van der Waals surface area contributed by atoms with Crippen LogP contribution in [0.2, 0.25) is 0 Å². The van der Waals surface area contributed by atoms with Crippen molar-refractivity contribution in [2.75, 3.05) is 13.1 Å². The average Bonchev–Trinajstić information content (AvgIpc) is 2.44. The van der Waals surface area contributed by atoms with Gasteiger partial charge in [0.25, 0.3) is 0 Å². The number of hydrogen-bond donors (Lipinski definition) is 1. The molecule has 1 aromatic rings. The maximum absolute atomic E-state index is 12.9. The number of aryl methyl sites for hydroxylation is 1. The van der Waals surface area contributed by atoms with E-state index in [1.165, 1.54) is 4.31 Å². The quantitative estimate of drug-likeness (QED) is 0.782. The number of hydrogen-bond acceptors (Lipinski definition) is 3. The van der Waals surface area contributed by atoms with E-state index in [2.05, 4.69) is 13.8 Å². The molecule has 0 heterocycles. The molecule has 118 valence electrons. The normalized spacial score (nSPS) is 13.4. The Morgan fingerprint density at radius 3 is 2.48 bits per heavy atom. The average molecular weight is 329 g/mol. The van der Waals surface area contributed by atoms with Gasteiger partial charge < -0.3 is 5.73 Å². The molecule has 1 atom stereocenters. The van der Waals surface area contributed by atoms with Crippen LogP contribution in [0.3, 0.4) is 0 Å². The molecule has 0 amide bonds. The zero-order valence-corrected chi connectivity index (χ0v) is 14.7. The van der Waals surface area contributed by atoms with Crippen LogP contribution in [-0.2, 0) is 10.0 Å². The third-order valence-corrected chi connectivity index (χ3v) is 5.97. The molecule has 1 aromatic carbocycles. The maximum Gasteiger partial charge on any atom is 0.243 e. The number of thiocarbonyl (C=S) groups is 1. The van der Waals surface area contributed by atoms with E-state index in [0.29, 0.717) is 30.1 Å². The summed E-state index contributed by atoms with van der Waals surface area (Å²) in [7, 11) is -3.52. The highest BCUT2D eigenvalue weighted by Gasteiger charge is 2.26. The van der Waals surface area contributed by atoms with Crippen molar-refractivity contribution < 1.29 is 8.42 Å². The Labute approximate surface area is 133 Å². The summed E-state index contributed by atoms with van der Waals surface area (Å²) in [5, 5.41) is 0. The van der Waals surface area contributed by atoms with E-state index >= 15 is 0 Å². The molecule has 6 heteroatoms. The Bertz CT molecular complexity index is 612. The largest absolute Gasteiger partial charge is 0.389 e. The van der Waals surface area contributed by atoms with E-state index in [1.54, 1.807) is 25.1 Å². The summed E-state index contributed by atoms with van der Waals surface area (Å²) in [4.78, 5) is 0.495. The predicted octanol–water partition coefficient (Wildman–Crippen LogP) is 2.69. The van der Waals surface area contributed by atoms with Crippen molar-refractivity contribution in [3.63, 3.8) is 0 Å². The van der Waals surface area contributed by atoms with Crippen LogP contribution in [0.1, 0.15) is 38.3 Å². The van der Waals surface area contributed by atoms with Crippen molar-refractivity contribution >= 4 is 27.2 Å². The molecule has 0 radical (unpaired) electrons. The summed E-state index contributed by atoms with van der Waals surface area (Å²) in [5.41, 5.74) is 6.89. The van der Waals surface area contributed by atoms with Crippen LogP contribution in [0.5, 0.6) is 0 Å². The minimum Gasteiger partial charge on any atom is -0.389 e. The molecule has 2 N–H and O–H groups in total. The van der Waals surface area contributed by atoms with Gasteiger partial charge in [0.15, 0.2) is 0 Å². The second-order valence-corrected chi connectivity index (χ2v) is 7.66. The van der Waals surface area contributed by atoms with Gasteiger partial charge in [-0.3, -0.25) is 0 Å². The van der Waals surface area contributed by atoms with Crippen LogP contribution in [0.25, 0.3) is 0 Å². The molecular weight excluding hydrogens is 304 g/mol. The smallest absolute Gasteiger partial charge is 0.243 e. The van der Waals surface area contributed by atoms with Gasteiger partial charge in [0.1, 0.15) is 4.99 Å². The number of sulfonamides is 1. The molecule has 0 saturated heterocycles. The highest BCUT2D eigenvalue weighted by atomic mass is 32.2. The van der Waals surface area contributed by atoms with Crippen LogP contribution in [-0.4, -0.2) is 30.8 Å². The van der Waals surface area contributed by atoms with E-state index in [1.807, 2.05) is 6.92 Å². The molecule has 21 heavy (non-hydrogen) atoms. The molecule has 1 rings (SSSR count). The highest BCUT2D eigenvalue weighted by molar-refractivity contribution is 7.89. The van der Waals surface area contributed by atoms with Crippen molar-refractivity contribution in [2.45, 2.75) is 39.0 Å². The third-order valence-electron chi connectivity index (χ3n) is 3.66. The summed E-state index contributed by atoms with van der Waals surface area (Å²) < 4.78 is 27.2. The molecular formula is C15H24N2O2S2. The van der Waals surface area contributed by atoms with Crippen LogP contribution in [0.4, 0.5) is 0 Å². The topological polar surface area (TPSA) is 63.4 Å². The van der Waals surface area contributed by atoms with Gasteiger partial charge in [0.05, 0.1) is 4.90 Å². The second kappa shape index (κ2) is 7.33. The minimum atomic E-state index is -3.52. The van der Waals surface area contributed by atoms with Crippen molar-refractivity contribution in [3.8, 4) is 0 Å². The summed E-state index contributed by atoms with van der Waals surface area (Å²) >= 11 is 4.94. The molecule has 0 spiro atoms. The van der Waals surface area contributed by atoms with Crippen molar-refractivity contribution in [3.05, 3.63) is 29.3 Å². The van der Waals surface area contributed by atoms with Gasteiger partial charge in [-0.2, -0.15) is 4.31 Å². The fourth-order valence-corrected chi connectivity index (χ4v) is 3.99. The van der Waals surface area contributed by atoms with E-state index in [-0.39, 0.29) is 9.88 Å². The summed E-state index contributed by atoms with van der Waals surface area (Å²) in [6.45, 7) is 8.72. The van der Waals surface area contributed by atoms with Crippen LogP contribution < -0.4 is 5.73 Å². The zero-order chi connectivity index (χ0) is 16.2. The Kier molecular flexibility index (Phi) is 6.31. The lowest BCUT2D eigenvalue weighted by atomic mass is 10.1. The van der Waals surface area contributed by atoms with Crippen LogP contribution in [0.15, 0.2) is 23.1 Å². The lowest BCUT2D eigenvalue weighted by Crippen LogP contribution is -2.35. The summed E-state index contributed by atoms with van der Waals surface area (Å²) in [6.07, 6.45) is 0.942. The van der Waals surface area contributed by atoms with E-state index in [0.717, 1.165) is 6.42 Å². The maximum atomic E-state index is 12.9. The fourth-order valence-electron chi connectivity index (χ4n) is 2.04. The third kappa shape index (κ3) is 4.25. The molecule has 0 saturated carbocycles. The van der Waals surface area contributed by atoms with Gasteiger partial charge in [0, 0.05) is 18.7 Å². The van der Waals surface area contributed by atoms with Crippen molar-refractivity contribution in [1.29, 1.82) is 0 Å². The van der Waals surface area contributed by atoms with E-state index in [4.69, 9.17) is 18.0 Å². The fraction of sp³-hybridized carbons (Fsp3) is 0.533. The Hall–Kier alpha value is -0.980. The monoisotopic (exact) mass is 328 g/mol. The van der Waals surface area contributed by atoms with Gasteiger partial charge in [-0.15, -0.1) is 0 Å². The second-order valence-electron chi connectivity index (χ2n) is 5.31. The van der Waals surface area contributed by atoms with E-state index in [9.17, 15) is 8.42 Å². The molecule has 4 nitrogen and oxygen atoms in total. The SMILES string of the molecule is CCC(C)CN(CC)S(=O)(=O)c1cc(C(N)=S)ccc1C. The highest BCUT2D eigenvalue weighted by Crippen LogP contribution is 2.22. The first kappa shape index (κ1) is 18.1. The molecule has 0 bridgehead atoms. The first-order valence-corrected chi connectivity index (χ1v) is 8.99. The van der Waals surface area contributed by atoms with Crippen LogP contribution >= 0.6 is 12.2 Å². The number of nitrogens with two attached hydrogens (primary N) is 1. The molecule has 0 aliphatic rings. The van der Waals surface area contributed by atoms with Gasteiger partial charge in [0.2, 0.25) is 10.0 Å². The molecule has 0 aliphatic heterocycles. The van der Waals surface area contributed by atoms with Gasteiger partial charge >= 0.3 is 0 Å². The predicted molar refractivity (Wildman–Crippen MR) is 91.0 cm³/mol. The van der Waals surface area contributed by atoms with E-state index < -0.39 is 10.0 Å². The van der Waals surface area contributed by atoms with Crippen LogP contribution in [0, 0.1) is 12.8 Å².